The molecule has 1 aromatic heterocycles. The lowest BCUT2D eigenvalue weighted by Gasteiger charge is -1.98. The molecule has 0 atom stereocenters. The lowest BCUT2D eigenvalue weighted by atomic mass is 10.3. The maximum absolute atomic E-state index is 12.0. The normalized spacial score (nSPS) is 11.7. The Kier molecular flexibility index (Phi) is 3.36. The monoisotopic (exact) mass is 285 g/mol. The van der Waals surface area contributed by atoms with Crippen LogP contribution >= 0.6 is 11.3 Å². The van der Waals surface area contributed by atoms with Crippen molar-refractivity contribution in [3.63, 3.8) is 0 Å². The van der Waals surface area contributed by atoms with Crippen molar-refractivity contribution in [1.29, 1.82) is 0 Å². The molecular formula is C11H13N2O3S2+. The van der Waals surface area contributed by atoms with Gasteiger partial charge in [-0.2, -0.15) is 13.2 Å². The number of aromatic nitrogens is 1. The van der Waals surface area contributed by atoms with E-state index in [1.165, 1.54) is 15.9 Å². The van der Waals surface area contributed by atoms with Crippen molar-refractivity contribution in [3.8, 4) is 0 Å². The number of nitrogens with one attached hydrogen (secondary N) is 1. The summed E-state index contributed by atoms with van der Waals surface area (Å²) in [5, 5.41) is 0.817. The van der Waals surface area contributed by atoms with Gasteiger partial charge in [0.05, 0.1) is 11.0 Å². The second-order valence-electron chi connectivity index (χ2n) is 3.83. The third-order valence-corrected chi connectivity index (χ3v) is 4.18. The molecule has 0 saturated carbocycles. The number of sulfonamides is 1. The maximum atomic E-state index is 12.0. The molecule has 1 N–H and O–H groups in total. The number of aryl methyl sites for hydroxylation is 1. The van der Waals surface area contributed by atoms with E-state index in [2.05, 4.69) is 0 Å². The molecule has 96 valence electrons. The van der Waals surface area contributed by atoms with Gasteiger partial charge in [-0.05, 0) is 12.1 Å². The van der Waals surface area contributed by atoms with E-state index in [0.717, 1.165) is 21.5 Å². The summed E-state index contributed by atoms with van der Waals surface area (Å²) in [7, 11) is -3.56. The molecule has 0 aliphatic carbocycles. The molecule has 1 amide bonds. The number of amides is 1. The van der Waals surface area contributed by atoms with E-state index in [0.29, 0.717) is 6.42 Å². The van der Waals surface area contributed by atoms with Gasteiger partial charge in [-0.3, -0.25) is 0 Å². The highest BCUT2D eigenvalue weighted by atomic mass is 32.2. The van der Waals surface area contributed by atoms with Crippen molar-refractivity contribution in [1.82, 2.24) is 4.72 Å². The van der Waals surface area contributed by atoms with Crippen molar-refractivity contribution in [2.45, 2.75) is 13.3 Å². The van der Waals surface area contributed by atoms with E-state index in [9.17, 15) is 13.2 Å². The number of benzene rings is 1. The van der Waals surface area contributed by atoms with Gasteiger partial charge in [0.1, 0.15) is 0 Å². The third-order valence-electron chi connectivity index (χ3n) is 2.36. The molecule has 18 heavy (non-hydrogen) atoms. The van der Waals surface area contributed by atoms with Gasteiger partial charge >= 0.3 is 6.03 Å². The lowest BCUT2D eigenvalue weighted by Crippen LogP contribution is -2.53. The summed E-state index contributed by atoms with van der Waals surface area (Å²) in [5.41, 5.74) is 0.723. The maximum Gasteiger partial charge on any atom is 0.512 e. The number of rotatable bonds is 2. The van der Waals surface area contributed by atoms with Gasteiger partial charge in [0.2, 0.25) is 0 Å². The van der Waals surface area contributed by atoms with Crippen molar-refractivity contribution in [3.05, 3.63) is 29.3 Å². The van der Waals surface area contributed by atoms with Crippen LogP contribution in [-0.4, -0.2) is 20.7 Å². The molecule has 1 aromatic carbocycles. The first kappa shape index (κ1) is 13.0. The van der Waals surface area contributed by atoms with Gasteiger partial charge in [-0.15, -0.1) is 9.29 Å². The Bertz CT molecular complexity index is 704. The number of fused-ring (bicyclic) bond motifs is 1. The van der Waals surface area contributed by atoms with Gasteiger partial charge in [0, 0.05) is 6.42 Å². The molecule has 0 spiro atoms. The predicted octanol–water partition coefficient (Wildman–Crippen LogP) is 1.27. The molecule has 5 nitrogen and oxygen atoms in total. The predicted molar refractivity (Wildman–Crippen MR) is 70.2 cm³/mol. The Morgan fingerprint density at radius 1 is 1.39 bits per heavy atom. The molecular weight excluding hydrogens is 272 g/mol. The Balaban J connectivity index is 2.58. The van der Waals surface area contributed by atoms with Gasteiger partial charge in [-0.25, -0.2) is 0 Å². The average molecular weight is 285 g/mol. The smallest absolute Gasteiger partial charge is 0.195 e. The van der Waals surface area contributed by atoms with E-state index in [1.807, 2.05) is 29.8 Å². The summed E-state index contributed by atoms with van der Waals surface area (Å²) < 4.78 is 26.6. The summed E-state index contributed by atoms with van der Waals surface area (Å²) in [4.78, 5) is 12.0. The molecule has 0 radical (unpaired) electrons. The standard InChI is InChI=1S/C11H12N2O3S2/c1-3-10-13(11(14)12-18(2,15)16)8-6-4-5-7-9(8)17-10/h4-7H,3H2,1-2H3/p+1. The van der Waals surface area contributed by atoms with E-state index in [1.54, 1.807) is 6.07 Å². The van der Waals surface area contributed by atoms with E-state index in [-0.39, 0.29) is 0 Å². The second kappa shape index (κ2) is 4.66. The lowest BCUT2D eigenvalue weighted by molar-refractivity contribution is -0.546. The zero-order valence-electron chi connectivity index (χ0n) is 10.0. The van der Waals surface area contributed by atoms with Gasteiger partial charge in [0.15, 0.2) is 10.5 Å². The highest BCUT2D eigenvalue weighted by molar-refractivity contribution is 7.89. The first-order valence-electron chi connectivity index (χ1n) is 5.37. The van der Waals surface area contributed by atoms with E-state index >= 15 is 0 Å². The van der Waals surface area contributed by atoms with Crippen molar-refractivity contribution < 1.29 is 17.8 Å². The quantitative estimate of drug-likeness (QED) is 0.845. The van der Waals surface area contributed by atoms with E-state index < -0.39 is 16.1 Å². The minimum atomic E-state index is -3.56. The molecule has 2 aromatic rings. The van der Waals surface area contributed by atoms with Crippen LogP contribution in [0.15, 0.2) is 24.3 Å². The van der Waals surface area contributed by atoms with Gasteiger partial charge in [0.25, 0.3) is 10.0 Å². The molecule has 0 bridgehead atoms. The molecule has 2 rings (SSSR count). The molecule has 0 fully saturated rings. The average Bonchev–Trinajstić information content (AvgIpc) is 2.64. The Morgan fingerprint density at radius 3 is 2.67 bits per heavy atom. The van der Waals surface area contributed by atoms with Crippen LogP contribution in [0.3, 0.4) is 0 Å². The van der Waals surface area contributed by atoms with Crippen LogP contribution in [0.4, 0.5) is 4.79 Å². The summed E-state index contributed by atoms with van der Waals surface area (Å²) in [5.74, 6) is 0. The summed E-state index contributed by atoms with van der Waals surface area (Å²) in [6, 6.07) is 6.78. The second-order valence-corrected chi connectivity index (χ2v) is 6.70. The number of hydrogen-bond donors (Lipinski definition) is 1. The summed E-state index contributed by atoms with van der Waals surface area (Å²) in [6.45, 7) is 1.93. The first-order valence-corrected chi connectivity index (χ1v) is 8.07. The first-order chi connectivity index (χ1) is 8.42. The Labute approximate surface area is 109 Å². The van der Waals surface area contributed by atoms with Crippen LogP contribution in [0.1, 0.15) is 11.9 Å². The summed E-state index contributed by atoms with van der Waals surface area (Å²) in [6.07, 6.45) is 1.63. The fourth-order valence-corrected chi connectivity index (χ4v) is 3.18. The fourth-order valence-electron chi connectivity index (χ4n) is 1.69. The topological polar surface area (TPSA) is 67.1 Å². The minimum Gasteiger partial charge on any atom is -0.195 e. The van der Waals surface area contributed by atoms with Crippen molar-refractivity contribution in [2.24, 2.45) is 0 Å². The Morgan fingerprint density at radius 2 is 2.06 bits per heavy atom. The van der Waals surface area contributed by atoms with Crippen LogP contribution in [0.2, 0.25) is 0 Å². The highest BCUT2D eigenvalue weighted by Gasteiger charge is 2.26. The summed E-state index contributed by atoms with van der Waals surface area (Å²) >= 11 is 1.49. The molecule has 0 aliphatic heterocycles. The zero-order chi connectivity index (χ0) is 13.3. The Hall–Kier alpha value is -1.47. The van der Waals surface area contributed by atoms with Crippen LogP contribution in [0.5, 0.6) is 0 Å². The number of para-hydroxylation sites is 1. The highest BCUT2D eigenvalue weighted by Crippen LogP contribution is 2.20. The van der Waals surface area contributed by atoms with Crippen LogP contribution < -0.4 is 9.29 Å². The molecule has 1 heterocycles. The molecule has 0 saturated heterocycles. The third kappa shape index (κ3) is 2.51. The largest absolute Gasteiger partial charge is 0.512 e. The number of nitrogens with zero attached hydrogens (tertiary/aromatic N) is 1. The number of carbonyl (C=O) groups excluding carboxylic acids is 1. The van der Waals surface area contributed by atoms with Crippen LogP contribution in [-0.2, 0) is 16.4 Å². The minimum absolute atomic E-state index is 0.633. The number of thiazole rings is 1. The number of carbonyl (C=O) groups is 1. The SMILES string of the molecule is CCc1sc2ccccc2[n+]1C(=O)NS(C)(=O)=O. The number of hydrogen-bond acceptors (Lipinski definition) is 4. The van der Waals surface area contributed by atoms with Gasteiger partial charge < -0.3 is 0 Å². The fraction of sp³-hybridized carbons (Fsp3) is 0.273. The zero-order valence-corrected chi connectivity index (χ0v) is 11.6. The van der Waals surface area contributed by atoms with Crippen LogP contribution in [0, 0.1) is 0 Å². The van der Waals surface area contributed by atoms with Crippen molar-refractivity contribution in [2.75, 3.05) is 6.26 Å². The van der Waals surface area contributed by atoms with Crippen LogP contribution in [0.25, 0.3) is 10.2 Å². The molecule has 0 aliphatic rings. The molecule has 7 heteroatoms. The van der Waals surface area contributed by atoms with Gasteiger partial charge in [-0.1, -0.05) is 30.4 Å². The van der Waals surface area contributed by atoms with E-state index in [4.69, 9.17) is 0 Å². The molecule has 0 unspecified atom stereocenters. The van der Waals surface area contributed by atoms with Crippen molar-refractivity contribution >= 4 is 37.6 Å².